The molecule has 0 amide bonds. The van der Waals surface area contributed by atoms with Crippen LogP contribution < -0.4 is 0 Å². The Balaban J connectivity index is 2.21. The fourth-order valence-electron chi connectivity index (χ4n) is 2.29. The summed E-state index contributed by atoms with van der Waals surface area (Å²) in [6, 6.07) is 0. The average Bonchev–Trinajstić information content (AvgIpc) is 2.46. The summed E-state index contributed by atoms with van der Waals surface area (Å²) in [4.78, 5) is 0. The Morgan fingerprint density at radius 1 is 0.900 bits per heavy atom. The van der Waals surface area contributed by atoms with Crippen LogP contribution in [0, 0.1) is 0 Å². The van der Waals surface area contributed by atoms with Gasteiger partial charge in [-0.1, -0.05) is 39.0 Å². The van der Waals surface area contributed by atoms with Gasteiger partial charge in [0, 0.05) is 0 Å². The number of aliphatic hydroxyl groups is 4. The predicted octanol–water partition coefficient (Wildman–Crippen LogP) is 0.880. The molecule has 4 N–H and O–H groups in total. The second kappa shape index (κ2) is 9.97. The molecule has 6 heteroatoms. The van der Waals surface area contributed by atoms with Gasteiger partial charge >= 0.3 is 0 Å². The summed E-state index contributed by atoms with van der Waals surface area (Å²) < 4.78 is 5.43. The van der Waals surface area contributed by atoms with Crippen LogP contribution in [0.4, 0.5) is 0 Å². The highest BCUT2D eigenvalue weighted by atomic mass is 32.2. The maximum absolute atomic E-state index is 9.86. The molecule has 1 rings (SSSR count). The first-order chi connectivity index (χ1) is 9.61. The van der Waals surface area contributed by atoms with Gasteiger partial charge in [-0.2, -0.15) is 0 Å². The van der Waals surface area contributed by atoms with Gasteiger partial charge < -0.3 is 25.2 Å². The van der Waals surface area contributed by atoms with Crippen LogP contribution >= 0.6 is 11.8 Å². The number of aliphatic hydroxyl groups excluding tert-OH is 4. The minimum Gasteiger partial charge on any atom is -0.394 e. The summed E-state index contributed by atoms with van der Waals surface area (Å²) in [6.07, 6.45) is 2.77. The van der Waals surface area contributed by atoms with Crippen molar-refractivity contribution in [1.82, 2.24) is 0 Å². The Hall–Kier alpha value is 0.150. The Morgan fingerprint density at radius 2 is 1.55 bits per heavy atom. The molecular formula is C14H28O5S. The van der Waals surface area contributed by atoms with Crippen LogP contribution in [0.5, 0.6) is 0 Å². The lowest BCUT2D eigenvalue weighted by molar-refractivity contribution is -0.205. The molecule has 0 spiro atoms. The minimum atomic E-state index is -1.26. The molecule has 1 heterocycles. The van der Waals surface area contributed by atoms with E-state index in [9.17, 15) is 15.3 Å². The molecule has 0 aliphatic carbocycles. The van der Waals surface area contributed by atoms with Gasteiger partial charge in [0.2, 0.25) is 0 Å². The van der Waals surface area contributed by atoms with Crippen molar-refractivity contribution >= 4 is 11.8 Å². The zero-order chi connectivity index (χ0) is 15.0. The highest BCUT2D eigenvalue weighted by Gasteiger charge is 2.43. The molecule has 120 valence electrons. The van der Waals surface area contributed by atoms with Crippen molar-refractivity contribution in [1.29, 1.82) is 0 Å². The van der Waals surface area contributed by atoms with Crippen LogP contribution in [0.1, 0.15) is 45.4 Å². The Kier molecular flexibility index (Phi) is 9.08. The standard InChI is InChI=1S/C14H28O5S/c1-2-3-4-5-6-7-8-20-14-13(18)12(17)11(16)10(9-15)19-14/h10-18H,2-9H2,1H3/t10-,11-,12+,13-,14+/m1/s1. The van der Waals surface area contributed by atoms with Gasteiger partial charge in [-0.15, -0.1) is 11.8 Å². The number of rotatable bonds is 9. The first kappa shape index (κ1) is 18.2. The molecule has 5 nitrogen and oxygen atoms in total. The SMILES string of the molecule is CCCCCCCCS[C@@H]1O[C@H](CO)[C@@H](O)[C@H](O)[C@H]1O. The molecule has 0 aromatic rings. The summed E-state index contributed by atoms with van der Waals surface area (Å²) in [5.74, 6) is 0.842. The van der Waals surface area contributed by atoms with Crippen molar-refractivity contribution in [3.05, 3.63) is 0 Å². The molecule has 0 radical (unpaired) electrons. The van der Waals surface area contributed by atoms with Gasteiger partial charge in [-0.05, 0) is 12.2 Å². The van der Waals surface area contributed by atoms with Gasteiger partial charge in [0.1, 0.15) is 29.9 Å². The lowest BCUT2D eigenvalue weighted by Crippen LogP contribution is -2.57. The molecule has 0 saturated carbocycles. The van der Waals surface area contributed by atoms with Crippen LogP contribution in [-0.2, 0) is 4.74 Å². The zero-order valence-electron chi connectivity index (χ0n) is 12.1. The van der Waals surface area contributed by atoms with Crippen LogP contribution in [0.25, 0.3) is 0 Å². The predicted molar refractivity (Wildman–Crippen MR) is 79.6 cm³/mol. The van der Waals surface area contributed by atoms with E-state index in [1.807, 2.05) is 0 Å². The summed E-state index contributed by atoms with van der Waals surface area (Å²) in [5.41, 5.74) is -0.582. The summed E-state index contributed by atoms with van der Waals surface area (Å²) in [6.45, 7) is 1.83. The smallest absolute Gasteiger partial charge is 0.132 e. The summed E-state index contributed by atoms with van der Waals surface area (Å²) >= 11 is 1.44. The van der Waals surface area contributed by atoms with E-state index in [1.54, 1.807) is 0 Å². The van der Waals surface area contributed by atoms with Gasteiger partial charge in [0.25, 0.3) is 0 Å². The third-order valence-electron chi connectivity index (χ3n) is 3.63. The second-order valence-electron chi connectivity index (χ2n) is 5.34. The number of hydrogen-bond acceptors (Lipinski definition) is 6. The van der Waals surface area contributed by atoms with Crippen LogP contribution in [0.2, 0.25) is 0 Å². The molecule has 1 aliphatic heterocycles. The largest absolute Gasteiger partial charge is 0.394 e. The highest BCUT2D eigenvalue weighted by molar-refractivity contribution is 7.99. The average molecular weight is 308 g/mol. The lowest BCUT2D eigenvalue weighted by atomic mass is 10.0. The summed E-state index contributed by atoms with van der Waals surface area (Å²) in [7, 11) is 0. The number of hydrogen-bond donors (Lipinski definition) is 4. The fraction of sp³-hybridized carbons (Fsp3) is 1.00. The zero-order valence-corrected chi connectivity index (χ0v) is 13.0. The molecule has 20 heavy (non-hydrogen) atoms. The van der Waals surface area contributed by atoms with Gasteiger partial charge in [-0.3, -0.25) is 0 Å². The van der Waals surface area contributed by atoms with E-state index < -0.39 is 29.9 Å². The first-order valence-electron chi connectivity index (χ1n) is 7.54. The number of thioether (sulfide) groups is 1. The van der Waals surface area contributed by atoms with Crippen molar-refractivity contribution in [2.75, 3.05) is 12.4 Å². The first-order valence-corrected chi connectivity index (χ1v) is 8.58. The Morgan fingerprint density at radius 3 is 2.20 bits per heavy atom. The van der Waals surface area contributed by atoms with E-state index in [1.165, 1.54) is 37.4 Å². The summed E-state index contributed by atoms with van der Waals surface area (Å²) in [5, 5.41) is 38.3. The highest BCUT2D eigenvalue weighted by Crippen LogP contribution is 2.29. The third kappa shape index (κ3) is 5.50. The lowest BCUT2D eigenvalue weighted by Gasteiger charge is -2.39. The van der Waals surface area contributed by atoms with E-state index in [0.29, 0.717) is 0 Å². The van der Waals surface area contributed by atoms with E-state index in [4.69, 9.17) is 9.84 Å². The molecular weight excluding hydrogens is 280 g/mol. The quantitative estimate of drug-likeness (QED) is 0.473. The number of unbranched alkanes of at least 4 members (excludes halogenated alkanes) is 5. The fourth-order valence-corrected chi connectivity index (χ4v) is 3.47. The normalized spacial score (nSPS) is 34.4. The van der Waals surface area contributed by atoms with Crippen molar-refractivity contribution in [3.8, 4) is 0 Å². The van der Waals surface area contributed by atoms with Crippen molar-refractivity contribution in [2.24, 2.45) is 0 Å². The Bertz CT molecular complexity index is 252. The molecule has 0 aromatic heterocycles. The van der Waals surface area contributed by atoms with Crippen molar-refractivity contribution in [2.45, 2.75) is 75.3 Å². The van der Waals surface area contributed by atoms with Crippen molar-refractivity contribution < 1.29 is 25.2 Å². The third-order valence-corrected chi connectivity index (χ3v) is 4.87. The van der Waals surface area contributed by atoms with E-state index in [-0.39, 0.29) is 6.61 Å². The van der Waals surface area contributed by atoms with E-state index >= 15 is 0 Å². The van der Waals surface area contributed by atoms with E-state index in [0.717, 1.165) is 18.6 Å². The minimum absolute atomic E-state index is 0.362. The molecule has 1 saturated heterocycles. The maximum atomic E-state index is 9.86. The van der Waals surface area contributed by atoms with Crippen LogP contribution in [0.3, 0.4) is 0 Å². The Labute approximate surface area is 125 Å². The van der Waals surface area contributed by atoms with Crippen LogP contribution in [0.15, 0.2) is 0 Å². The molecule has 1 fully saturated rings. The topological polar surface area (TPSA) is 90.2 Å². The molecule has 0 bridgehead atoms. The molecule has 0 aromatic carbocycles. The van der Waals surface area contributed by atoms with E-state index in [2.05, 4.69) is 6.92 Å². The van der Waals surface area contributed by atoms with Gasteiger partial charge in [0.15, 0.2) is 0 Å². The van der Waals surface area contributed by atoms with Crippen LogP contribution in [-0.4, -0.2) is 62.6 Å². The van der Waals surface area contributed by atoms with Gasteiger partial charge in [-0.25, -0.2) is 0 Å². The van der Waals surface area contributed by atoms with Crippen molar-refractivity contribution in [3.63, 3.8) is 0 Å². The maximum Gasteiger partial charge on any atom is 0.132 e. The molecule has 5 atom stereocenters. The van der Waals surface area contributed by atoms with Gasteiger partial charge in [0.05, 0.1) is 6.61 Å². The molecule has 0 unspecified atom stereocenters. The number of ether oxygens (including phenoxy) is 1. The second-order valence-corrected chi connectivity index (χ2v) is 6.54. The monoisotopic (exact) mass is 308 g/mol. The molecule has 1 aliphatic rings.